The van der Waals surface area contributed by atoms with Gasteiger partial charge in [-0.25, -0.2) is 9.97 Å². The molecular formula is C70H109ClN14O6. The van der Waals surface area contributed by atoms with E-state index in [2.05, 4.69) is 43.4 Å². The van der Waals surface area contributed by atoms with Crippen molar-refractivity contribution in [2.45, 2.75) is 142 Å². The summed E-state index contributed by atoms with van der Waals surface area (Å²) in [6, 6.07) is 23.3. The minimum Gasteiger partial charge on any atom is -0.493 e. The molecule has 502 valence electrons. The van der Waals surface area contributed by atoms with Crippen LogP contribution < -0.4 is 61.5 Å². The molecule has 0 spiro atoms. The molecule has 20 nitrogen and oxygen atoms in total. The van der Waals surface area contributed by atoms with Crippen molar-refractivity contribution in [2.75, 3.05) is 143 Å². The van der Waals surface area contributed by atoms with E-state index in [1.54, 1.807) is 28.4 Å². The van der Waals surface area contributed by atoms with Crippen LogP contribution in [0.5, 0.6) is 23.0 Å². The number of amides is 2. The fourth-order valence-electron chi connectivity index (χ4n) is 11.2. The predicted octanol–water partition coefficient (Wildman–Crippen LogP) is 11.5. The third-order valence-corrected chi connectivity index (χ3v) is 16.8. The van der Waals surface area contributed by atoms with Crippen molar-refractivity contribution in [1.82, 2.24) is 51.0 Å². The van der Waals surface area contributed by atoms with E-state index in [1.807, 2.05) is 108 Å². The number of nitrogens with one attached hydrogen (secondary N) is 4. The molecule has 0 atom stereocenters. The molecule has 0 saturated carbocycles. The molecule has 6 rings (SSSR count). The number of carbonyl (C=O) groups excluding carboxylic acids is 2. The molecule has 0 radical (unpaired) electrons. The molecule has 0 aliphatic rings. The molecule has 0 fully saturated rings. The van der Waals surface area contributed by atoms with Crippen molar-refractivity contribution in [3.05, 3.63) is 95.1 Å². The largest absolute Gasteiger partial charge is 0.493 e. The Balaban J connectivity index is 0.0000150. The van der Waals surface area contributed by atoms with Crippen LogP contribution in [0, 0.1) is 0 Å². The summed E-state index contributed by atoms with van der Waals surface area (Å²) in [4.78, 5) is 53.4. The van der Waals surface area contributed by atoms with Gasteiger partial charge in [0.1, 0.15) is 11.6 Å². The van der Waals surface area contributed by atoms with Crippen molar-refractivity contribution in [2.24, 2.45) is 0 Å². The Labute approximate surface area is 549 Å². The van der Waals surface area contributed by atoms with Crippen LogP contribution in [0.15, 0.2) is 72.8 Å². The van der Waals surface area contributed by atoms with Gasteiger partial charge in [0.25, 0.3) is 11.8 Å². The fourth-order valence-corrected chi connectivity index (χ4v) is 11.2. The van der Waals surface area contributed by atoms with Crippen LogP contribution in [-0.4, -0.2) is 164 Å². The first kappa shape index (κ1) is 74.8. The normalized spacial score (nSPS) is 11.2. The van der Waals surface area contributed by atoms with Gasteiger partial charge in [0, 0.05) is 101 Å². The second-order valence-electron chi connectivity index (χ2n) is 23.8. The third-order valence-electron chi connectivity index (χ3n) is 16.8. The number of nitrogen functional groups attached to an aromatic ring is 2. The number of fused-ring (bicyclic) bond motifs is 2. The molecule has 0 aliphatic carbocycles. The Kier molecular flexibility index (Phi) is 34.7. The summed E-state index contributed by atoms with van der Waals surface area (Å²) in [7, 11) is 14.2. The van der Waals surface area contributed by atoms with Crippen LogP contribution in [0.25, 0.3) is 21.8 Å². The van der Waals surface area contributed by atoms with Gasteiger partial charge in [-0.3, -0.25) is 9.59 Å². The van der Waals surface area contributed by atoms with E-state index in [0.29, 0.717) is 70.7 Å². The average Bonchev–Trinajstić information content (AvgIpc) is 1.13. The molecular weight excluding hydrogens is 1170 g/mol. The number of hydrogen-bond donors (Lipinski definition) is 6. The van der Waals surface area contributed by atoms with Crippen LogP contribution in [0.3, 0.4) is 0 Å². The Morgan fingerprint density at radius 2 is 0.692 bits per heavy atom. The Morgan fingerprint density at radius 1 is 0.396 bits per heavy atom. The number of hydrogen-bond acceptors (Lipinski definition) is 18. The van der Waals surface area contributed by atoms with Crippen molar-refractivity contribution < 1.29 is 28.5 Å². The SMILES string of the molecule is COc1cc2nc(N(C)CCCCCCN(C)C(=O)c3ccccc3CNCCCCCCNCCCCCCNCCCCCCNCc3ccccc3C(=O)N(C)CCCCCCN(C)c3nc(N)c4cc(OC)c(OC)cc4n3)nc(N)c2cc1OC.Cl. The molecule has 2 amide bonds. The number of anilines is 4. The maximum atomic E-state index is 13.5. The number of unbranched alkanes of at least 4 members (excludes halogenated alkanes) is 15. The number of halogens is 1. The zero-order valence-corrected chi connectivity index (χ0v) is 57.0. The molecule has 21 heteroatoms. The van der Waals surface area contributed by atoms with Gasteiger partial charge in [-0.1, -0.05) is 101 Å². The minimum absolute atomic E-state index is 0. The first-order valence-electron chi connectivity index (χ1n) is 33.2. The Bertz CT molecular complexity index is 2880. The standard InChI is InChI=1S/C70H108N14O6.ClH/c1-81(43-29-15-17-31-45-83(3)69-77-59-49-63(89-7)61(87-5)47-57(59)65(71)79-69)67(85)55-35-21-19-33-53(55)51-75-41-27-13-11-25-39-73-37-23-9-10-24-38-74-40-26-12-14-28-42-76-52-54-34-20-22-36-56(54)68(86)82(2)44-30-16-18-32-46-84(4)70-78-60-50-64(90-8)62(88-6)48-58(60)66(72)80-70;/h19-22,33-36,47-50,73-76H,9-18,23-32,37-46,51-52H2,1-8H3,(H2,71,77,79)(H2,72,78,80);1H. The number of ether oxygens (including phenoxy) is 4. The van der Waals surface area contributed by atoms with Crippen molar-refractivity contribution in [3.63, 3.8) is 0 Å². The van der Waals surface area contributed by atoms with Gasteiger partial charge in [0.2, 0.25) is 11.9 Å². The second kappa shape index (κ2) is 42.2. The smallest absolute Gasteiger partial charge is 0.253 e. The fraction of sp³-hybridized carbons (Fsp3) is 0.571. The third kappa shape index (κ3) is 24.9. The number of nitrogens with two attached hydrogens (primary N) is 2. The lowest BCUT2D eigenvalue weighted by Gasteiger charge is -2.20. The lowest BCUT2D eigenvalue weighted by Crippen LogP contribution is -2.29. The zero-order valence-electron chi connectivity index (χ0n) is 56.1. The first-order valence-corrected chi connectivity index (χ1v) is 33.2. The predicted molar refractivity (Wildman–Crippen MR) is 376 cm³/mol. The van der Waals surface area contributed by atoms with Crippen LogP contribution >= 0.6 is 12.4 Å². The highest BCUT2D eigenvalue weighted by Crippen LogP contribution is 2.35. The van der Waals surface area contributed by atoms with Crippen molar-refractivity contribution in [1.29, 1.82) is 0 Å². The molecule has 8 N–H and O–H groups in total. The number of aromatic nitrogens is 4. The van der Waals surface area contributed by atoms with E-state index in [-0.39, 0.29) is 24.2 Å². The topological polar surface area (TPSA) is 236 Å². The molecule has 2 heterocycles. The van der Waals surface area contributed by atoms with E-state index in [9.17, 15) is 9.59 Å². The maximum absolute atomic E-state index is 13.5. The minimum atomic E-state index is 0. The van der Waals surface area contributed by atoms with E-state index < -0.39 is 0 Å². The van der Waals surface area contributed by atoms with Gasteiger partial charge in [-0.2, -0.15) is 9.97 Å². The molecule has 0 saturated heterocycles. The highest BCUT2D eigenvalue weighted by atomic mass is 35.5. The lowest BCUT2D eigenvalue weighted by atomic mass is 10.1. The Morgan fingerprint density at radius 3 is 1.03 bits per heavy atom. The van der Waals surface area contributed by atoms with Gasteiger partial charge < -0.3 is 71.3 Å². The lowest BCUT2D eigenvalue weighted by molar-refractivity contribution is 0.0784. The quantitative estimate of drug-likeness (QED) is 0.0195. The van der Waals surface area contributed by atoms with Crippen LogP contribution in [0.1, 0.15) is 160 Å². The number of carbonyl (C=O) groups is 2. The molecule has 0 aliphatic heterocycles. The monoisotopic (exact) mass is 1280 g/mol. The van der Waals surface area contributed by atoms with Crippen LogP contribution in [-0.2, 0) is 13.1 Å². The zero-order chi connectivity index (χ0) is 64.3. The van der Waals surface area contributed by atoms with Crippen molar-refractivity contribution in [3.8, 4) is 23.0 Å². The first-order chi connectivity index (χ1) is 43.9. The van der Waals surface area contributed by atoms with E-state index in [1.165, 1.54) is 64.2 Å². The number of benzene rings is 4. The maximum Gasteiger partial charge on any atom is 0.253 e. The van der Waals surface area contributed by atoms with Crippen LogP contribution in [0.2, 0.25) is 0 Å². The number of nitrogens with zero attached hydrogens (tertiary/aromatic N) is 8. The highest BCUT2D eigenvalue weighted by Gasteiger charge is 2.19. The summed E-state index contributed by atoms with van der Waals surface area (Å²) in [6.45, 7) is 10.7. The number of methoxy groups -OCH3 is 4. The summed E-state index contributed by atoms with van der Waals surface area (Å²) in [6.07, 6.45) is 22.6. The molecule has 4 aromatic carbocycles. The van der Waals surface area contributed by atoms with Crippen molar-refractivity contribution >= 4 is 69.6 Å². The number of rotatable bonds is 47. The molecule has 0 unspecified atom stereocenters. The van der Waals surface area contributed by atoms with E-state index >= 15 is 0 Å². The van der Waals surface area contributed by atoms with Gasteiger partial charge in [0.15, 0.2) is 23.0 Å². The molecule has 2 aromatic heterocycles. The summed E-state index contributed by atoms with van der Waals surface area (Å²) >= 11 is 0. The van der Waals surface area contributed by atoms with E-state index in [0.717, 1.165) is 163 Å². The highest BCUT2D eigenvalue weighted by molar-refractivity contribution is 5.96. The molecule has 91 heavy (non-hydrogen) atoms. The van der Waals surface area contributed by atoms with E-state index in [4.69, 9.17) is 40.4 Å². The van der Waals surface area contributed by atoms with Gasteiger partial charge in [0.05, 0.1) is 39.5 Å². The summed E-state index contributed by atoms with van der Waals surface area (Å²) in [5.74, 6) is 4.50. The van der Waals surface area contributed by atoms with Crippen LogP contribution in [0.4, 0.5) is 23.5 Å². The van der Waals surface area contributed by atoms with Gasteiger partial charge in [-0.15, -0.1) is 12.4 Å². The van der Waals surface area contributed by atoms with Gasteiger partial charge >= 0.3 is 0 Å². The summed E-state index contributed by atoms with van der Waals surface area (Å²) in [5, 5.41) is 15.9. The van der Waals surface area contributed by atoms with Gasteiger partial charge in [-0.05, 0) is 139 Å². The molecule has 0 bridgehead atoms. The average molecular weight is 1280 g/mol. The Hall–Kier alpha value is -6.97. The molecule has 6 aromatic rings. The second-order valence-corrected chi connectivity index (χ2v) is 23.8. The summed E-state index contributed by atoms with van der Waals surface area (Å²) in [5.41, 5.74) is 17.7. The summed E-state index contributed by atoms with van der Waals surface area (Å²) < 4.78 is 21.8.